The third-order valence-electron chi connectivity index (χ3n) is 3.90. The minimum absolute atomic E-state index is 0.339. The zero-order valence-electron chi connectivity index (χ0n) is 14.8. The molecule has 1 heterocycles. The highest BCUT2D eigenvalue weighted by molar-refractivity contribution is 7.98. The van der Waals surface area contributed by atoms with Crippen molar-refractivity contribution in [2.75, 3.05) is 14.2 Å². The molecule has 26 heavy (non-hydrogen) atoms. The highest BCUT2D eigenvalue weighted by atomic mass is 32.2. The van der Waals surface area contributed by atoms with Crippen LogP contribution in [0.25, 0.3) is 11.4 Å². The number of benzene rings is 2. The number of esters is 1. The Bertz CT molecular complexity index is 924. The second-order valence-corrected chi connectivity index (χ2v) is 6.49. The molecule has 0 saturated heterocycles. The predicted molar refractivity (Wildman–Crippen MR) is 100 cm³/mol. The summed E-state index contributed by atoms with van der Waals surface area (Å²) < 4.78 is 12.1. The van der Waals surface area contributed by atoms with Gasteiger partial charge < -0.3 is 14.0 Å². The summed E-state index contributed by atoms with van der Waals surface area (Å²) >= 11 is 1.55. The number of nitrogens with zero attached hydrogens (tertiary/aromatic N) is 3. The van der Waals surface area contributed by atoms with Crippen molar-refractivity contribution >= 4 is 17.7 Å². The lowest BCUT2D eigenvalue weighted by molar-refractivity contribution is 0.0600. The molecule has 0 aliphatic carbocycles. The zero-order chi connectivity index (χ0) is 18.5. The molecule has 1 aromatic heterocycles. The molecule has 2 aromatic carbocycles. The molecule has 0 spiro atoms. The van der Waals surface area contributed by atoms with Gasteiger partial charge in [0.2, 0.25) is 0 Å². The molecule has 0 radical (unpaired) electrons. The maximum Gasteiger partial charge on any atom is 0.337 e. The van der Waals surface area contributed by atoms with Gasteiger partial charge in [-0.15, -0.1) is 10.2 Å². The summed E-state index contributed by atoms with van der Waals surface area (Å²) in [6, 6.07) is 15.1. The molecule has 0 amide bonds. The molecule has 7 heteroatoms. The van der Waals surface area contributed by atoms with Crippen LogP contribution in [-0.2, 0) is 17.5 Å². The van der Waals surface area contributed by atoms with Crippen LogP contribution in [0.3, 0.4) is 0 Å². The van der Waals surface area contributed by atoms with Crippen molar-refractivity contribution in [3.8, 4) is 17.1 Å². The van der Waals surface area contributed by atoms with Gasteiger partial charge in [-0.25, -0.2) is 4.79 Å². The topological polar surface area (TPSA) is 66.2 Å². The van der Waals surface area contributed by atoms with Crippen LogP contribution in [0.15, 0.2) is 53.7 Å². The highest BCUT2D eigenvalue weighted by Crippen LogP contribution is 2.30. The number of rotatable bonds is 6. The second-order valence-electron chi connectivity index (χ2n) is 5.55. The molecule has 0 unspecified atom stereocenters. The summed E-state index contributed by atoms with van der Waals surface area (Å²) in [5.74, 6) is 1.83. The van der Waals surface area contributed by atoms with E-state index in [0.29, 0.717) is 11.3 Å². The monoisotopic (exact) mass is 369 g/mol. The van der Waals surface area contributed by atoms with Crippen molar-refractivity contribution in [3.05, 3.63) is 59.7 Å². The summed E-state index contributed by atoms with van der Waals surface area (Å²) in [5.41, 5.74) is 2.45. The van der Waals surface area contributed by atoms with E-state index in [2.05, 4.69) is 10.2 Å². The lowest BCUT2D eigenvalue weighted by Gasteiger charge is -2.08. The van der Waals surface area contributed by atoms with Crippen molar-refractivity contribution in [2.45, 2.75) is 10.9 Å². The van der Waals surface area contributed by atoms with Crippen LogP contribution in [-0.4, -0.2) is 35.0 Å². The molecule has 0 aliphatic heterocycles. The molecule has 0 fully saturated rings. The van der Waals surface area contributed by atoms with Crippen molar-refractivity contribution in [1.82, 2.24) is 14.8 Å². The van der Waals surface area contributed by atoms with Crippen molar-refractivity contribution < 1.29 is 14.3 Å². The number of thioether (sulfide) groups is 1. The first-order chi connectivity index (χ1) is 12.6. The Morgan fingerprint density at radius 2 is 1.92 bits per heavy atom. The van der Waals surface area contributed by atoms with Gasteiger partial charge in [-0.1, -0.05) is 36.0 Å². The van der Waals surface area contributed by atoms with E-state index in [1.54, 1.807) is 24.9 Å². The number of hydrogen-bond acceptors (Lipinski definition) is 6. The Balaban J connectivity index is 1.78. The van der Waals surface area contributed by atoms with Crippen molar-refractivity contribution in [2.24, 2.45) is 7.05 Å². The average Bonchev–Trinajstić information content (AvgIpc) is 3.06. The number of para-hydroxylation sites is 1. The third-order valence-corrected chi connectivity index (χ3v) is 4.99. The first kappa shape index (κ1) is 18.0. The average molecular weight is 369 g/mol. The summed E-state index contributed by atoms with van der Waals surface area (Å²) in [6.07, 6.45) is 0. The van der Waals surface area contributed by atoms with E-state index in [9.17, 15) is 4.79 Å². The maximum absolute atomic E-state index is 11.6. The SMILES string of the molecule is COC(=O)c1cccc(CSc2nnc(-c3ccccc3OC)n2C)c1. The van der Waals surface area contributed by atoms with Crippen LogP contribution in [0, 0.1) is 0 Å². The molecule has 134 valence electrons. The largest absolute Gasteiger partial charge is 0.496 e. The van der Waals surface area contributed by atoms with Gasteiger partial charge in [-0.2, -0.15) is 0 Å². The number of ether oxygens (including phenoxy) is 2. The lowest BCUT2D eigenvalue weighted by Crippen LogP contribution is -2.01. The molecule has 0 saturated carbocycles. The van der Waals surface area contributed by atoms with Gasteiger partial charge >= 0.3 is 5.97 Å². The Labute approximate surface area is 156 Å². The van der Waals surface area contributed by atoms with E-state index in [4.69, 9.17) is 9.47 Å². The van der Waals surface area contributed by atoms with Crippen molar-refractivity contribution in [1.29, 1.82) is 0 Å². The maximum atomic E-state index is 11.6. The smallest absolute Gasteiger partial charge is 0.337 e. The Kier molecular flexibility index (Phi) is 5.58. The fraction of sp³-hybridized carbons (Fsp3) is 0.211. The zero-order valence-corrected chi connectivity index (χ0v) is 15.6. The minimum Gasteiger partial charge on any atom is -0.496 e. The van der Waals surface area contributed by atoms with Gasteiger partial charge in [0.25, 0.3) is 0 Å². The van der Waals surface area contributed by atoms with Crippen LogP contribution in [0.4, 0.5) is 0 Å². The summed E-state index contributed by atoms with van der Waals surface area (Å²) in [6.45, 7) is 0. The first-order valence-corrected chi connectivity index (χ1v) is 8.95. The van der Waals surface area contributed by atoms with Crippen LogP contribution >= 0.6 is 11.8 Å². The van der Waals surface area contributed by atoms with E-state index in [1.807, 2.05) is 54.1 Å². The summed E-state index contributed by atoms with van der Waals surface area (Å²) in [7, 11) is 4.94. The number of hydrogen-bond donors (Lipinski definition) is 0. The molecule has 3 rings (SSSR count). The van der Waals surface area contributed by atoms with Crippen LogP contribution in [0.1, 0.15) is 15.9 Å². The number of carbonyl (C=O) groups excluding carboxylic acids is 1. The Hall–Kier alpha value is -2.80. The van der Waals surface area contributed by atoms with Gasteiger partial charge in [-0.3, -0.25) is 0 Å². The number of carbonyl (C=O) groups is 1. The Morgan fingerprint density at radius 1 is 1.12 bits per heavy atom. The van der Waals surface area contributed by atoms with E-state index in [1.165, 1.54) is 7.11 Å². The summed E-state index contributed by atoms with van der Waals surface area (Å²) in [4.78, 5) is 11.6. The van der Waals surface area contributed by atoms with Crippen LogP contribution in [0.2, 0.25) is 0 Å². The van der Waals surface area contributed by atoms with Gasteiger partial charge in [0.15, 0.2) is 11.0 Å². The van der Waals surface area contributed by atoms with Gasteiger partial charge in [-0.05, 0) is 29.8 Å². The van der Waals surface area contributed by atoms with Gasteiger partial charge in [0, 0.05) is 12.8 Å². The molecule has 0 aliphatic rings. The van der Waals surface area contributed by atoms with E-state index in [-0.39, 0.29) is 5.97 Å². The first-order valence-electron chi connectivity index (χ1n) is 7.97. The third kappa shape index (κ3) is 3.72. The fourth-order valence-corrected chi connectivity index (χ4v) is 3.41. The molecule has 3 aromatic rings. The van der Waals surface area contributed by atoms with E-state index < -0.39 is 0 Å². The summed E-state index contributed by atoms with van der Waals surface area (Å²) in [5, 5.41) is 9.38. The van der Waals surface area contributed by atoms with E-state index >= 15 is 0 Å². The normalized spacial score (nSPS) is 10.6. The fourth-order valence-electron chi connectivity index (χ4n) is 2.56. The predicted octanol–water partition coefficient (Wildman–Crippen LogP) is 3.57. The highest BCUT2D eigenvalue weighted by Gasteiger charge is 2.15. The molecular formula is C19H19N3O3S. The second kappa shape index (κ2) is 8.05. The molecule has 0 atom stereocenters. The molecule has 0 N–H and O–H groups in total. The van der Waals surface area contributed by atoms with E-state index in [0.717, 1.165) is 27.9 Å². The van der Waals surface area contributed by atoms with Gasteiger partial charge in [0.1, 0.15) is 5.75 Å². The van der Waals surface area contributed by atoms with Gasteiger partial charge in [0.05, 0.1) is 25.3 Å². The Morgan fingerprint density at radius 3 is 2.69 bits per heavy atom. The molecular weight excluding hydrogens is 350 g/mol. The standard InChI is InChI=1S/C19H19N3O3S/c1-22-17(15-9-4-5-10-16(15)24-2)20-21-19(22)26-12-13-7-6-8-14(11-13)18(23)25-3/h4-11H,12H2,1-3H3. The molecule has 6 nitrogen and oxygen atoms in total. The lowest BCUT2D eigenvalue weighted by atomic mass is 10.1. The minimum atomic E-state index is -0.339. The number of aromatic nitrogens is 3. The molecule has 0 bridgehead atoms. The van der Waals surface area contributed by atoms with Crippen molar-refractivity contribution in [3.63, 3.8) is 0 Å². The number of methoxy groups -OCH3 is 2. The van der Waals surface area contributed by atoms with Crippen LogP contribution < -0.4 is 4.74 Å². The quantitative estimate of drug-likeness (QED) is 0.489. The van der Waals surface area contributed by atoms with Crippen LogP contribution in [0.5, 0.6) is 5.75 Å².